The van der Waals surface area contributed by atoms with Crippen LogP contribution in [0, 0.1) is 5.82 Å². The van der Waals surface area contributed by atoms with Gasteiger partial charge >= 0.3 is 0 Å². The van der Waals surface area contributed by atoms with Gasteiger partial charge < -0.3 is 9.52 Å². The average molecular weight is 193 g/mol. The molecule has 0 atom stereocenters. The van der Waals surface area contributed by atoms with Crippen LogP contribution in [0.4, 0.5) is 4.39 Å². The minimum atomic E-state index is -0.303. The lowest BCUT2D eigenvalue weighted by Crippen LogP contribution is -1.86. The topological polar surface area (TPSA) is 46.3 Å². The summed E-state index contributed by atoms with van der Waals surface area (Å²) < 4.78 is 17.6. The van der Waals surface area contributed by atoms with Crippen molar-refractivity contribution in [1.82, 2.24) is 4.98 Å². The Balaban J connectivity index is 2.44. The molecule has 0 bridgehead atoms. The molecule has 1 aromatic heterocycles. The Bertz CT molecular complexity index is 422. The van der Waals surface area contributed by atoms with E-state index in [1.54, 1.807) is 12.1 Å². The van der Waals surface area contributed by atoms with Gasteiger partial charge in [-0.05, 0) is 24.3 Å². The summed E-state index contributed by atoms with van der Waals surface area (Å²) in [6.07, 6.45) is 1.25. The number of oxazole rings is 1. The van der Waals surface area contributed by atoms with E-state index < -0.39 is 0 Å². The van der Waals surface area contributed by atoms with E-state index in [0.29, 0.717) is 11.5 Å². The highest BCUT2D eigenvalue weighted by Gasteiger charge is 2.08. The lowest BCUT2D eigenvalue weighted by Gasteiger charge is -1.97. The van der Waals surface area contributed by atoms with Crippen LogP contribution in [0.2, 0.25) is 0 Å². The van der Waals surface area contributed by atoms with Gasteiger partial charge in [-0.3, -0.25) is 0 Å². The van der Waals surface area contributed by atoms with E-state index in [2.05, 4.69) is 4.98 Å². The predicted octanol–water partition coefficient (Wildman–Crippen LogP) is 1.97. The van der Waals surface area contributed by atoms with Crippen molar-refractivity contribution >= 4 is 0 Å². The maximum absolute atomic E-state index is 12.6. The maximum atomic E-state index is 12.6. The van der Waals surface area contributed by atoms with Gasteiger partial charge in [-0.1, -0.05) is 0 Å². The molecule has 0 fully saturated rings. The van der Waals surface area contributed by atoms with Crippen molar-refractivity contribution in [3.8, 4) is 11.3 Å². The van der Waals surface area contributed by atoms with Gasteiger partial charge in [-0.25, -0.2) is 9.37 Å². The van der Waals surface area contributed by atoms with Crippen molar-refractivity contribution in [2.24, 2.45) is 0 Å². The third-order valence-corrected chi connectivity index (χ3v) is 1.90. The van der Waals surface area contributed by atoms with Gasteiger partial charge in [0.1, 0.15) is 18.1 Å². The Morgan fingerprint density at radius 1 is 1.29 bits per heavy atom. The second-order valence-electron chi connectivity index (χ2n) is 2.79. The number of halogens is 1. The molecule has 0 saturated heterocycles. The zero-order chi connectivity index (χ0) is 9.97. The largest absolute Gasteiger partial charge is 0.445 e. The molecule has 2 rings (SSSR count). The second-order valence-corrected chi connectivity index (χ2v) is 2.79. The summed E-state index contributed by atoms with van der Waals surface area (Å²) in [5.74, 6) is 0.0828. The minimum absolute atomic E-state index is 0.216. The molecule has 0 aliphatic carbocycles. The first-order valence-electron chi connectivity index (χ1n) is 4.10. The SMILES string of the molecule is OCc1ocnc1-c1ccc(F)cc1. The zero-order valence-electron chi connectivity index (χ0n) is 7.27. The van der Waals surface area contributed by atoms with E-state index in [1.807, 2.05) is 0 Å². The summed E-state index contributed by atoms with van der Waals surface area (Å²) >= 11 is 0. The molecule has 0 amide bonds. The number of hydrogen-bond donors (Lipinski definition) is 1. The van der Waals surface area contributed by atoms with Gasteiger partial charge in [0.15, 0.2) is 12.2 Å². The molecule has 14 heavy (non-hydrogen) atoms. The summed E-state index contributed by atoms with van der Waals surface area (Å²) in [5, 5.41) is 8.92. The van der Waals surface area contributed by atoms with Crippen LogP contribution >= 0.6 is 0 Å². The molecule has 4 heteroatoms. The predicted molar refractivity (Wildman–Crippen MR) is 47.8 cm³/mol. The Morgan fingerprint density at radius 3 is 2.64 bits per heavy atom. The van der Waals surface area contributed by atoms with Crippen LogP contribution in [0.1, 0.15) is 5.76 Å². The molecule has 1 N–H and O–H groups in total. The fraction of sp³-hybridized carbons (Fsp3) is 0.100. The third kappa shape index (κ3) is 1.52. The minimum Gasteiger partial charge on any atom is -0.445 e. The summed E-state index contributed by atoms with van der Waals surface area (Å²) in [6, 6.07) is 5.86. The third-order valence-electron chi connectivity index (χ3n) is 1.90. The Labute approximate surface area is 79.8 Å². The number of rotatable bonds is 2. The number of hydrogen-bond acceptors (Lipinski definition) is 3. The Kier molecular flexibility index (Phi) is 2.28. The smallest absolute Gasteiger partial charge is 0.181 e. The lowest BCUT2D eigenvalue weighted by atomic mass is 10.1. The van der Waals surface area contributed by atoms with Crippen molar-refractivity contribution in [3.63, 3.8) is 0 Å². The van der Waals surface area contributed by atoms with Gasteiger partial charge in [0, 0.05) is 5.56 Å². The molecule has 0 spiro atoms. The van der Waals surface area contributed by atoms with Gasteiger partial charge in [-0.2, -0.15) is 0 Å². The highest BCUT2D eigenvalue weighted by Crippen LogP contribution is 2.21. The summed E-state index contributed by atoms with van der Waals surface area (Å²) in [5.41, 5.74) is 1.27. The van der Waals surface area contributed by atoms with Gasteiger partial charge in [0.05, 0.1) is 0 Å². The lowest BCUT2D eigenvalue weighted by molar-refractivity contribution is 0.248. The number of aliphatic hydroxyl groups excluding tert-OH is 1. The fourth-order valence-electron chi connectivity index (χ4n) is 1.23. The van der Waals surface area contributed by atoms with E-state index in [0.717, 1.165) is 5.56 Å². The summed E-state index contributed by atoms with van der Waals surface area (Å²) in [4.78, 5) is 3.94. The Morgan fingerprint density at radius 2 is 2.00 bits per heavy atom. The monoisotopic (exact) mass is 193 g/mol. The fourth-order valence-corrected chi connectivity index (χ4v) is 1.23. The molecule has 0 radical (unpaired) electrons. The van der Waals surface area contributed by atoms with Crippen LogP contribution in [-0.2, 0) is 6.61 Å². The maximum Gasteiger partial charge on any atom is 0.181 e. The molecule has 0 aliphatic rings. The molecule has 0 saturated carbocycles. The highest BCUT2D eigenvalue weighted by atomic mass is 19.1. The van der Waals surface area contributed by atoms with E-state index in [9.17, 15) is 4.39 Å². The molecule has 3 nitrogen and oxygen atoms in total. The summed E-state index contributed by atoms with van der Waals surface area (Å²) in [6.45, 7) is -0.216. The van der Waals surface area contributed by atoms with Gasteiger partial charge in [0.2, 0.25) is 0 Å². The molecular weight excluding hydrogens is 185 g/mol. The molecule has 0 aliphatic heterocycles. The summed E-state index contributed by atoms with van der Waals surface area (Å²) in [7, 11) is 0. The van der Waals surface area contributed by atoms with Crippen LogP contribution in [0.15, 0.2) is 35.1 Å². The van der Waals surface area contributed by atoms with Crippen LogP contribution in [0.5, 0.6) is 0 Å². The van der Waals surface area contributed by atoms with Crippen molar-refractivity contribution in [2.45, 2.75) is 6.61 Å². The van der Waals surface area contributed by atoms with Crippen molar-refractivity contribution in [3.05, 3.63) is 42.2 Å². The Hall–Kier alpha value is -1.68. The van der Waals surface area contributed by atoms with Gasteiger partial charge in [0.25, 0.3) is 0 Å². The van der Waals surface area contributed by atoms with E-state index in [-0.39, 0.29) is 12.4 Å². The second kappa shape index (κ2) is 3.59. The van der Waals surface area contributed by atoms with E-state index in [1.165, 1.54) is 18.5 Å². The first kappa shape index (κ1) is 8.90. The van der Waals surface area contributed by atoms with Crippen LogP contribution in [-0.4, -0.2) is 10.1 Å². The van der Waals surface area contributed by atoms with Crippen LogP contribution in [0.3, 0.4) is 0 Å². The first-order valence-corrected chi connectivity index (χ1v) is 4.10. The normalized spacial score (nSPS) is 10.4. The van der Waals surface area contributed by atoms with Crippen LogP contribution in [0.25, 0.3) is 11.3 Å². The molecule has 1 aromatic carbocycles. The number of aromatic nitrogens is 1. The van der Waals surface area contributed by atoms with Crippen LogP contribution < -0.4 is 0 Å². The average Bonchev–Trinajstić information content (AvgIpc) is 2.67. The van der Waals surface area contributed by atoms with E-state index >= 15 is 0 Å². The molecule has 2 aromatic rings. The number of nitrogens with zero attached hydrogens (tertiary/aromatic N) is 1. The molecular formula is C10H8FNO2. The van der Waals surface area contributed by atoms with Crippen molar-refractivity contribution in [2.75, 3.05) is 0 Å². The zero-order valence-corrected chi connectivity index (χ0v) is 7.27. The van der Waals surface area contributed by atoms with Crippen molar-refractivity contribution in [1.29, 1.82) is 0 Å². The van der Waals surface area contributed by atoms with Gasteiger partial charge in [-0.15, -0.1) is 0 Å². The first-order chi connectivity index (χ1) is 6.81. The standard InChI is InChI=1S/C10H8FNO2/c11-8-3-1-7(2-4-8)10-9(5-13)14-6-12-10/h1-4,6,13H,5H2. The quantitative estimate of drug-likeness (QED) is 0.793. The molecule has 1 heterocycles. The number of benzene rings is 1. The highest BCUT2D eigenvalue weighted by molar-refractivity contribution is 5.60. The molecule has 0 unspecified atom stereocenters. The molecule has 72 valence electrons. The van der Waals surface area contributed by atoms with E-state index in [4.69, 9.17) is 9.52 Å². The number of aliphatic hydroxyl groups is 1. The van der Waals surface area contributed by atoms with Crippen molar-refractivity contribution < 1.29 is 13.9 Å².